The van der Waals surface area contributed by atoms with Gasteiger partial charge in [0.25, 0.3) is 0 Å². The van der Waals surface area contributed by atoms with Crippen molar-refractivity contribution in [3.05, 3.63) is 35.9 Å². The van der Waals surface area contributed by atoms with E-state index in [4.69, 9.17) is 1.37 Å². The zero-order chi connectivity index (χ0) is 7.11. The highest BCUT2D eigenvalue weighted by Gasteiger charge is 1.72. The van der Waals surface area contributed by atoms with E-state index in [0.717, 1.165) is 0 Å². The second-order valence-corrected chi connectivity index (χ2v) is 1.65. The minimum atomic E-state index is 1.25. The molecule has 0 unspecified atom stereocenters. The van der Waals surface area contributed by atoms with Crippen molar-refractivity contribution in [3.63, 3.8) is 0 Å². The van der Waals surface area contributed by atoms with Crippen LogP contribution in [-0.2, 0) is 0 Å². The van der Waals surface area contributed by atoms with Crippen molar-refractivity contribution in [1.82, 2.24) is 0 Å². The first kappa shape index (κ1) is 5.36. The lowest BCUT2D eigenvalue weighted by molar-refractivity contribution is 1.48. The van der Waals surface area contributed by atoms with Crippen LogP contribution in [0.25, 0.3) is 0 Å². The highest BCUT2D eigenvalue weighted by molar-refractivity contribution is 5.11. The fraction of sp³-hybridized carbons (Fsp3) is 0.250. The number of aryl methyl sites for hydroxylation is 1. The summed E-state index contributed by atoms with van der Waals surface area (Å²) in [6.07, 6.45) is 0. The van der Waals surface area contributed by atoms with Crippen molar-refractivity contribution >= 4 is 0 Å². The third-order valence-corrected chi connectivity index (χ3v) is 0.940. The van der Waals surface area contributed by atoms with E-state index in [0.29, 0.717) is 0 Å². The molecule has 1 aromatic carbocycles. The molecular weight excluding hydrogens is 96.1 g/mol. The second-order valence-electron chi connectivity index (χ2n) is 1.65. The number of benzene rings is 1. The first-order valence-electron chi connectivity index (χ1n) is 3.41. The Morgan fingerprint density at radius 3 is 2.00 bits per heavy atom. The zero-order valence-corrected chi connectivity index (χ0v) is 5.39. The van der Waals surface area contributed by atoms with Gasteiger partial charge in [0, 0.05) is 1.37 Å². The molecule has 8 heavy (non-hydrogen) atoms. The summed E-state index contributed by atoms with van der Waals surface area (Å²) in [5, 5.41) is 0. The van der Waals surface area contributed by atoms with Crippen LogP contribution in [0.2, 0.25) is 0 Å². The van der Waals surface area contributed by atoms with Crippen LogP contribution in [0.15, 0.2) is 30.3 Å². The number of rotatable bonds is 0. The summed E-state index contributed by atoms with van der Waals surface area (Å²) in [5.41, 5.74) is 1.32. The molecule has 0 spiro atoms. The average Bonchev–Trinajstić information content (AvgIpc) is 1.94. The van der Waals surface area contributed by atoms with Crippen molar-refractivity contribution < 1.29 is 1.37 Å². The number of hydrogen-bond acceptors (Lipinski definition) is 0. The molecule has 0 fully saturated rings. The van der Waals surface area contributed by atoms with Gasteiger partial charge in [0.05, 0.1) is 0 Å². The molecule has 0 aliphatic carbocycles. The summed E-state index contributed by atoms with van der Waals surface area (Å²) < 4.78 is 5.75. The topological polar surface area (TPSA) is 0 Å². The summed E-state index contributed by atoms with van der Waals surface area (Å²) in [5.74, 6) is 0. The molecule has 44 valence electrons. The van der Waals surface area contributed by atoms with Gasteiger partial charge in [-0.3, -0.25) is 0 Å². The Bertz CT molecular complexity index is 134. The Labute approximate surface area is 52.6 Å². The Balaban J connectivity index is 0.000000291. The molecule has 0 aliphatic rings. The summed E-state index contributed by atoms with van der Waals surface area (Å²) in [6, 6.07) is 10.3. The summed E-state index contributed by atoms with van der Waals surface area (Å²) in [6.45, 7) is 2.08. The van der Waals surface area contributed by atoms with Gasteiger partial charge >= 0.3 is 0 Å². The van der Waals surface area contributed by atoms with E-state index in [1.807, 2.05) is 18.2 Å². The van der Waals surface area contributed by atoms with Gasteiger partial charge in [0.1, 0.15) is 0 Å². The van der Waals surface area contributed by atoms with Gasteiger partial charge < -0.3 is 0 Å². The van der Waals surface area contributed by atoms with Crippen LogP contribution >= 0.6 is 0 Å². The summed E-state index contributed by atoms with van der Waals surface area (Å²) in [4.78, 5) is 0. The minimum absolute atomic E-state index is 1.25. The molecular formula is C8H12. The SMILES string of the molecule is Cc1ccccc1.[3H]C. The van der Waals surface area contributed by atoms with E-state index in [9.17, 15) is 0 Å². The first-order chi connectivity index (χ1) is 4.39. The van der Waals surface area contributed by atoms with E-state index in [2.05, 4.69) is 19.1 Å². The third kappa shape index (κ3) is 1.78. The summed E-state index contributed by atoms with van der Waals surface area (Å²) >= 11 is 0. The average molecular weight is 110 g/mol. The maximum atomic E-state index is 5.75. The van der Waals surface area contributed by atoms with E-state index >= 15 is 0 Å². The molecule has 0 heterocycles. The predicted octanol–water partition coefficient (Wildman–Crippen LogP) is 2.63. The van der Waals surface area contributed by atoms with Crippen LogP contribution in [0.4, 0.5) is 0 Å². The van der Waals surface area contributed by atoms with Gasteiger partial charge in [0.15, 0.2) is 0 Å². The molecule has 0 bridgehead atoms. The molecule has 0 N–H and O–H groups in total. The van der Waals surface area contributed by atoms with E-state index < -0.39 is 0 Å². The fourth-order valence-electron chi connectivity index (χ4n) is 0.534. The van der Waals surface area contributed by atoms with Crippen molar-refractivity contribution in [3.8, 4) is 0 Å². The Morgan fingerprint density at radius 2 is 1.75 bits per heavy atom. The van der Waals surface area contributed by atoms with Crippen LogP contribution in [0.1, 0.15) is 14.3 Å². The van der Waals surface area contributed by atoms with Crippen LogP contribution in [0.5, 0.6) is 0 Å². The molecule has 0 saturated carbocycles. The van der Waals surface area contributed by atoms with Gasteiger partial charge in [-0.25, -0.2) is 0 Å². The molecule has 0 radical (unpaired) electrons. The van der Waals surface area contributed by atoms with Crippen molar-refractivity contribution in [1.29, 1.82) is 0 Å². The molecule has 0 atom stereocenters. The first-order valence-corrected chi connectivity index (χ1v) is 2.41. The molecule has 0 saturated heterocycles. The Morgan fingerprint density at radius 1 is 1.25 bits per heavy atom. The van der Waals surface area contributed by atoms with Crippen LogP contribution in [0.3, 0.4) is 0 Å². The molecule has 1 rings (SSSR count). The van der Waals surface area contributed by atoms with Gasteiger partial charge in [-0.1, -0.05) is 43.3 Å². The molecule has 0 nitrogen and oxygen atoms in total. The smallest absolute Gasteiger partial charge is 0.0194 e. The molecule has 0 heteroatoms. The quantitative estimate of drug-likeness (QED) is 0.481. The van der Waals surface area contributed by atoms with Crippen LogP contribution in [0, 0.1) is 6.92 Å². The summed E-state index contributed by atoms with van der Waals surface area (Å²) in [7, 11) is 1.25. The maximum absolute atomic E-state index is 5.75. The lowest BCUT2D eigenvalue weighted by Crippen LogP contribution is -1.62. The highest BCUT2D eigenvalue weighted by Crippen LogP contribution is 1.92. The lowest BCUT2D eigenvalue weighted by atomic mass is 10.2. The zero-order valence-electron chi connectivity index (χ0n) is 6.39. The van der Waals surface area contributed by atoms with Crippen molar-refractivity contribution in [2.45, 2.75) is 14.3 Å². The van der Waals surface area contributed by atoms with Gasteiger partial charge in [-0.2, -0.15) is 0 Å². The van der Waals surface area contributed by atoms with Gasteiger partial charge in [-0.05, 0) is 6.92 Å². The van der Waals surface area contributed by atoms with E-state index in [1.165, 1.54) is 13.0 Å². The fourth-order valence-corrected chi connectivity index (χ4v) is 0.534. The Hall–Kier alpha value is -0.780. The van der Waals surface area contributed by atoms with Crippen LogP contribution in [-0.4, -0.2) is 0 Å². The predicted molar refractivity (Wildman–Crippen MR) is 37.9 cm³/mol. The van der Waals surface area contributed by atoms with E-state index in [-0.39, 0.29) is 0 Å². The lowest BCUT2D eigenvalue weighted by Gasteiger charge is -1.82. The van der Waals surface area contributed by atoms with E-state index in [1.54, 1.807) is 0 Å². The standard InChI is InChI=1S/C7H8.CH4/c1-7-5-3-2-4-6-7;/h2-6H,1H3;1H4/i;1T. The normalized spacial score (nSPS) is 8.50. The van der Waals surface area contributed by atoms with Crippen LogP contribution < -0.4 is 0 Å². The molecule has 0 amide bonds. The van der Waals surface area contributed by atoms with Gasteiger partial charge in [0.2, 0.25) is 0 Å². The molecule has 1 aromatic rings. The second kappa shape index (κ2) is 3.25. The monoisotopic (exact) mass is 110 g/mol. The molecule has 0 aromatic heterocycles. The maximum Gasteiger partial charge on any atom is 0.0194 e. The largest absolute Gasteiger partial charge is 0.0776 e. The minimum Gasteiger partial charge on any atom is -0.0776 e. The number of hydrogen-bond donors (Lipinski definition) is 0. The third-order valence-electron chi connectivity index (χ3n) is 0.940. The van der Waals surface area contributed by atoms with Crippen molar-refractivity contribution in [2.24, 2.45) is 0 Å². The Kier molecular flexibility index (Phi) is 2.18. The van der Waals surface area contributed by atoms with Gasteiger partial charge in [-0.15, -0.1) is 0 Å². The van der Waals surface area contributed by atoms with Crippen molar-refractivity contribution in [2.75, 3.05) is 0 Å². The highest BCUT2D eigenvalue weighted by atomic mass is 13.8. The molecule has 0 aliphatic heterocycles.